The van der Waals surface area contributed by atoms with Gasteiger partial charge in [0.05, 0.1) is 6.10 Å². The third-order valence-electron chi connectivity index (χ3n) is 2.83. The first-order chi connectivity index (χ1) is 5.99. The van der Waals surface area contributed by atoms with E-state index < -0.39 is 5.92 Å². The van der Waals surface area contributed by atoms with Gasteiger partial charge in [-0.15, -0.1) is 0 Å². The van der Waals surface area contributed by atoms with Gasteiger partial charge in [0.15, 0.2) is 0 Å². The fraction of sp³-hybridized carbons (Fsp3) is 1.00. The van der Waals surface area contributed by atoms with Crippen molar-refractivity contribution in [3.05, 3.63) is 0 Å². The zero-order valence-corrected chi connectivity index (χ0v) is 8.10. The van der Waals surface area contributed by atoms with E-state index in [0.29, 0.717) is 18.8 Å². The number of alkyl halides is 2. The maximum absolute atomic E-state index is 12.7. The fourth-order valence-electron chi connectivity index (χ4n) is 1.87. The van der Waals surface area contributed by atoms with Gasteiger partial charge in [0.25, 0.3) is 0 Å². The molecule has 1 aliphatic carbocycles. The molecule has 1 N–H and O–H groups in total. The van der Waals surface area contributed by atoms with E-state index in [-0.39, 0.29) is 18.9 Å². The molecule has 0 heterocycles. The van der Waals surface area contributed by atoms with Crippen molar-refractivity contribution in [1.82, 2.24) is 0 Å². The zero-order valence-electron chi connectivity index (χ0n) is 8.10. The van der Waals surface area contributed by atoms with Crippen molar-refractivity contribution in [2.45, 2.75) is 57.5 Å². The Morgan fingerprint density at radius 3 is 2.38 bits per heavy atom. The zero-order chi connectivity index (χ0) is 9.90. The van der Waals surface area contributed by atoms with Gasteiger partial charge in [0.2, 0.25) is 5.92 Å². The van der Waals surface area contributed by atoms with Crippen LogP contribution in [0.1, 0.15) is 45.4 Å². The molecule has 1 rings (SSSR count). The maximum atomic E-state index is 12.7. The Labute approximate surface area is 78.1 Å². The highest BCUT2D eigenvalue weighted by atomic mass is 19.3. The van der Waals surface area contributed by atoms with Crippen molar-refractivity contribution in [3.63, 3.8) is 0 Å². The molecule has 0 bridgehead atoms. The second-order valence-electron chi connectivity index (χ2n) is 4.23. The van der Waals surface area contributed by atoms with Crippen LogP contribution in [0.2, 0.25) is 0 Å². The molecular formula is C10H18F2O. The number of aliphatic hydroxyl groups excluding tert-OH is 1. The molecule has 0 saturated heterocycles. The standard InChI is InChI=1S/C10H18F2O/c1-8(13)2-3-9-4-6-10(11,12)7-5-9/h8-9,13H,2-7H2,1H3/t8-/m1/s1. The van der Waals surface area contributed by atoms with Crippen molar-refractivity contribution < 1.29 is 13.9 Å². The number of hydrogen-bond donors (Lipinski definition) is 1. The number of rotatable bonds is 3. The highest BCUT2D eigenvalue weighted by Crippen LogP contribution is 2.37. The summed E-state index contributed by atoms with van der Waals surface area (Å²) in [5.74, 6) is -2.00. The molecule has 0 amide bonds. The molecule has 1 saturated carbocycles. The summed E-state index contributed by atoms with van der Waals surface area (Å²) in [7, 11) is 0. The van der Waals surface area contributed by atoms with Gasteiger partial charge in [0.1, 0.15) is 0 Å². The first-order valence-electron chi connectivity index (χ1n) is 5.05. The van der Waals surface area contributed by atoms with Crippen LogP contribution in [0.5, 0.6) is 0 Å². The van der Waals surface area contributed by atoms with E-state index in [1.807, 2.05) is 0 Å². The van der Waals surface area contributed by atoms with Gasteiger partial charge < -0.3 is 5.11 Å². The van der Waals surface area contributed by atoms with Crippen molar-refractivity contribution >= 4 is 0 Å². The van der Waals surface area contributed by atoms with E-state index in [4.69, 9.17) is 5.11 Å². The molecule has 0 aliphatic heterocycles. The average Bonchev–Trinajstić information content (AvgIpc) is 2.02. The SMILES string of the molecule is C[C@@H](O)CCC1CCC(F)(F)CC1. The summed E-state index contributed by atoms with van der Waals surface area (Å²) in [6.45, 7) is 1.75. The molecule has 13 heavy (non-hydrogen) atoms. The van der Waals surface area contributed by atoms with Crippen LogP contribution in [0.15, 0.2) is 0 Å². The average molecular weight is 192 g/mol. The van der Waals surface area contributed by atoms with Gasteiger partial charge in [-0.25, -0.2) is 8.78 Å². The van der Waals surface area contributed by atoms with Crippen molar-refractivity contribution in [3.8, 4) is 0 Å². The molecule has 0 unspecified atom stereocenters. The summed E-state index contributed by atoms with van der Waals surface area (Å²) in [6.07, 6.45) is 2.68. The van der Waals surface area contributed by atoms with Gasteiger partial charge >= 0.3 is 0 Å². The van der Waals surface area contributed by atoms with Crippen LogP contribution in [-0.4, -0.2) is 17.1 Å². The smallest absolute Gasteiger partial charge is 0.248 e. The van der Waals surface area contributed by atoms with Crippen LogP contribution in [0.3, 0.4) is 0 Å². The van der Waals surface area contributed by atoms with E-state index in [2.05, 4.69) is 0 Å². The first kappa shape index (κ1) is 10.9. The van der Waals surface area contributed by atoms with E-state index in [0.717, 1.165) is 12.8 Å². The molecule has 3 heteroatoms. The minimum atomic E-state index is -2.42. The van der Waals surface area contributed by atoms with Gasteiger partial charge in [-0.2, -0.15) is 0 Å². The molecule has 0 spiro atoms. The number of halogens is 2. The highest BCUT2D eigenvalue weighted by molar-refractivity contribution is 4.77. The van der Waals surface area contributed by atoms with Crippen LogP contribution in [-0.2, 0) is 0 Å². The van der Waals surface area contributed by atoms with Crippen molar-refractivity contribution in [2.24, 2.45) is 5.92 Å². The third kappa shape index (κ3) is 4.03. The Bertz CT molecular complexity index is 144. The van der Waals surface area contributed by atoms with Gasteiger partial charge in [-0.1, -0.05) is 0 Å². The monoisotopic (exact) mass is 192 g/mol. The van der Waals surface area contributed by atoms with E-state index in [9.17, 15) is 8.78 Å². The van der Waals surface area contributed by atoms with Crippen molar-refractivity contribution in [2.75, 3.05) is 0 Å². The predicted molar refractivity (Wildman–Crippen MR) is 47.8 cm³/mol. The quantitative estimate of drug-likeness (QED) is 0.728. The van der Waals surface area contributed by atoms with Gasteiger partial charge in [-0.05, 0) is 38.5 Å². The Morgan fingerprint density at radius 2 is 1.92 bits per heavy atom. The second-order valence-corrected chi connectivity index (χ2v) is 4.23. The first-order valence-corrected chi connectivity index (χ1v) is 5.05. The summed E-state index contributed by atoms with van der Waals surface area (Å²) in [5.41, 5.74) is 0. The predicted octanol–water partition coefficient (Wildman–Crippen LogP) is 2.97. The fourth-order valence-corrected chi connectivity index (χ4v) is 1.87. The molecule has 1 fully saturated rings. The largest absolute Gasteiger partial charge is 0.393 e. The molecule has 0 aromatic rings. The van der Waals surface area contributed by atoms with Crippen LogP contribution in [0, 0.1) is 5.92 Å². The third-order valence-corrected chi connectivity index (χ3v) is 2.83. The van der Waals surface area contributed by atoms with Gasteiger partial charge in [-0.3, -0.25) is 0 Å². The number of hydrogen-bond acceptors (Lipinski definition) is 1. The Morgan fingerprint density at radius 1 is 1.38 bits per heavy atom. The van der Waals surface area contributed by atoms with Crippen LogP contribution >= 0.6 is 0 Å². The molecule has 0 aromatic heterocycles. The van der Waals surface area contributed by atoms with Crippen molar-refractivity contribution in [1.29, 1.82) is 0 Å². The summed E-state index contributed by atoms with van der Waals surface area (Å²) < 4.78 is 25.5. The molecule has 1 nitrogen and oxygen atoms in total. The lowest BCUT2D eigenvalue weighted by Crippen LogP contribution is -2.24. The topological polar surface area (TPSA) is 20.2 Å². The minimum absolute atomic E-state index is 0.0392. The lowest BCUT2D eigenvalue weighted by molar-refractivity contribution is -0.0473. The number of aliphatic hydroxyl groups is 1. The van der Waals surface area contributed by atoms with Crippen LogP contribution < -0.4 is 0 Å². The van der Waals surface area contributed by atoms with E-state index in [1.165, 1.54) is 0 Å². The van der Waals surface area contributed by atoms with Gasteiger partial charge in [0, 0.05) is 12.8 Å². The molecule has 0 aromatic carbocycles. The highest BCUT2D eigenvalue weighted by Gasteiger charge is 2.34. The lowest BCUT2D eigenvalue weighted by atomic mass is 9.83. The normalized spacial score (nSPS) is 25.8. The molecule has 78 valence electrons. The Balaban J connectivity index is 2.18. The van der Waals surface area contributed by atoms with E-state index >= 15 is 0 Å². The lowest BCUT2D eigenvalue weighted by Gasteiger charge is -2.28. The molecule has 1 aliphatic rings. The summed E-state index contributed by atoms with van der Waals surface area (Å²) in [4.78, 5) is 0. The molecule has 0 radical (unpaired) electrons. The molecule has 1 atom stereocenters. The van der Waals surface area contributed by atoms with Crippen LogP contribution in [0.4, 0.5) is 8.78 Å². The minimum Gasteiger partial charge on any atom is -0.393 e. The summed E-state index contributed by atoms with van der Waals surface area (Å²) in [5, 5.41) is 9.04. The molecular weight excluding hydrogens is 174 g/mol. The Hall–Kier alpha value is -0.180. The Kier molecular flexibility index (Phi) is 3.65. The summed E-state index contributed by atoms with van der Waals surface area (Å²) in [6, 6.07) is 0. The second kappa shape index (κ2) is 4.36. The maximum Gasteiger partial charge on any atom is 0.248 e. The van der Waals surface area contributed by atoms with Crippen LogP contribution in [0.25, 0.3) is 0 Å². The summed E-state index contributed by atoms with van der Waals surface area (Å²) >= 11 is 0. The van der Waals surface area contributed by atoms with E-state index in [1.54, 1.807) is 6.92 Å².